The lowest BCUT2D eigenvalue weighted by molar-refractivity contribution is 0.597. The van der Waals surface area contributed by atoms with E-state index in [0.29, 0.717) is 4.90 Å². The van der Waals surface area contributed by atoms with Crippen molar-refractivity contribution in [3.05, 3.63) is 54.6 Å². The third kappa shape index (κ3) is 2.76. The van der Waals surface area contributed by atoms with Crippen molar-refractivity contribution >= 4 is 9.84 Å². The lowest BCUT2D eigenvalue weighted by Gasteiger charge is -2.09. The number of fused-ring (bicyclic) bond motifs is 1. The van der Waals surface area contributed by atoms with E-state index in [1.165, 1.54) is 0 Å². The molecule has 1 aliphatic rings. The number of pyridine rings is 1. The minimum Gasteiger partial charge on any atom is -0.327 e. The van der Waals surface area contributed by atoms with E-state index in [2.05, 4.69) is 9.55 Å². The van der Waals surface area contributed by atoms with Crippen LogP contribution in [0.5, 0.6) is 0 Å². The van der Waals surface area contributed by atoms with Gasteiger partial charge in [-0.3, -0.25) is 4.98 Å². The lowest BCUT2D eigenvalue weighted by atomic mass is 10.1. The molecule has 6 heteroatoms. The van der Waals surface area contributed by atoms with Crippen molar-refractivity contribution in [2.24, 2.45) is 0 Å². The van der Waals surface area contributed by atoms with Gasteiger partial charge in [0.25, 0.3) is 0 Å². The molecule has 0 atom stereocenters. The second-order valence-electron chi connectivity index (χ2n) is 6.14. The Morgan fingerprint density at radius 2 is 1.76 bits per heavy atom. The monoisotopic (exact) mass is 353 g/mol. The molecule has 128 valence electrons. The first-order valence-electron chi connectivity index (χ1n) is 8.43. The Hall–Kier alpha value is -2.47. The van der Waals surface area contributed by atoms with Gasteiger partial charge in [0.15, 0.2) is 9.84 Å². The summed E-state index contributed by atoms with van der Waals surface area (Å²) in [6.45, 7) is 2.62. The highest BCUT2D eigenvalue weighted by Gasteiger charge is 2.23. The number of aromatic nitrogens is 3. The summed E-state index contributed by atoms with van der Waals surface area (Å²) >= 11 is 0. The Balaban J connectivity index is 1.84. The van der Waals surface area contributed by atoms with Crippen LogP contribution in [0.2, 0.25) is 0 Å². The number of hydrogen-bond acceptors (Lipinski definition) is 4. The van der Waals surface area contributed by atoms with Crippen LogP contribution in [0.4, 0.5) is 0 Å². The van der Waals surface area contributed by atoms with E-state index in [0.717, 1.165) is 47.7 Å². The summed E-state index contributed by atoms with van der Waals surface area (Å²) in [5.74, 6) is 1.19. The van der Waals surface area contributed by atoms with E-state index >= 15 is 0 Å². The summed E-state index contributed by atoms with van der Waals surface area (Å²) in [6.07, 6.45) is 5.64. The molecule has 4 rings (SSSR count). The number of rotatable bonds is 4. The Morgan fingerprint density at radius 3 is 2.44 bits per heavy atom. The molecule has 0 aliphatic carbocycles. The Morgan fingerprint density at radius 1 is 1.04 bits per heavy atom. The van der Waals surface area contributed by atoms with E-state index in [1.807, 2.05) is 24.3 Å². The van der Waals surface area contributed by atoms with Crippen LogP contribution in [0.15, 0.2) is 53.7 Å². The maximum Gasteiger partial charge on any atom is 0.178 e. The van der Waals surface area contributed by atoms with Crippen molar-refractivity contribution in [1.29, 1.82) is 0 Å². The van der Waals surface area contributed by atoms with Crippen molar-refractivity contribution in [1.82, 2.24) is 14.5 Å². The second-order valence-corrected chi connectivity index (χ2v) is 8.42. The van der Waals surface area contributed by atoms with Crippen LogP contribution in [0.3, 0.4) is 0 Å². The number of benzene rings is 1. The van der Waals surface area contributed by atoms with E-state index in [1.54, 1.807) is 31.5 Å². The van der Waals surface area contributed by atoms with Crippen LogP contribution in [-0.4, -0.2) is 28.7 Å². The fourth-order valence-corrected chi connectivity index (χ4v) is 4.20. The van der Waals surface area contributed by atoms with Gasteiger partial charge in [-0.1, -0.05) is 19.1 Å². The Labute approximate surface area is 147 Å². The van der Waals surface area contributed by atoms with E-state index < -0.39 is 9.84 Å². The molecule has 0 fully saturated rings. The highest BCUT2D eigenvalue weighted by Crippen LogP contribution is 2.35. The topological polar surface area (TPSA) is 64.8 Å². The van der Waals surface area contributed by atoms with Gasteiger partial charge >= 0.3 is 0 Å². The zero-order valence-corrected chi connectivity index (χ0v) is 14.8. The third-order valence-corrected chi connectivity index (χ3v) is 6.40. The zero-order chi connectivity index (χ0) is 17.4. The van der Waals surface area contributed by atoms with Gasteiger partial charge in [0, 0.05) is 36.5 Å². The minimum atomic E-state index is -3.19. The molecule has 0 spiro atoms. The molecule has 0 N–H and O–H groups in total. The second kappa shape index (κ2) is 6.11. The van der Waals surface area contributed by atoms with Crippen LogP contribution in [0.25, 0.3) is 22.5 Å². The Bertz CT molecular complexity index is 1010. The summed E-state index contributed by atoms with van der Waals surface area (Å²) in [7, 11) is -3.19. The Kier molecular flexibility index (Phi) is 3.92. The maximum absolute atomic E-state index is 12.0. The van der Waals surface area contributed by atoms with E-state index in [-0.39, 0.29) is 5.75 Å². The maximum atomic E-state index is 12.0. The van der Waals surface area contributed by atoms with Crippen LogP contribution >= 0.6 is 0 Å². The number of aryl methyl sites for hydroxylation is 1. The predicted molar refractivity (Wildman–Crippen MR) is 96.9 cm³/mol. The molecule has 0 bridgehead atoms. The van der Waals surface area contributed by atoms with Crippen molar-refractivity contribution in [2.75, 3.05) is 5.75 Å². The highest BCUT2D eigenvalue weighted by molar-refractivity contribution is 7.91. The molecule has 1 aliphatic heterocycles. The normalized spacial score (nSPS) is 13.8. The van der Waals surface area contributed by atoms with Crippen molar-refractivity contribution in [3.8, 4) is 22.5 Å². The van der Waals surface area contributed by atoms with Crippen LogP contribution in [-0.2, 0) is 22.8 Å². The SMILES string of the molecule is CCS(=O)(=O)c1ccc(-c2nc3n(c2-c2ccncc2)CCC3)cc1. The molecule has 0 radical (unpaired) electrons. The highest BCUT2D eigenvalue weighted by atomic mass is 32.2. The molecule has 5 nitrogen and oxygen atoms in total. The van der Waals surface area contributed by atoms with Gasteiger partial charge < -0.3 is 4.57 Å². The zero-order valence-electron chi connectivity index (χ0n) is 14.0. The number of imidazole rings is 1. The molecule has 2 aromatic heterocycles. The third-order valence-electron chi connectivity index (χ3n) is 4.65. The van der Waals surface area contributed by atoms with Gasteiger partial charge in [-0.15, -0.1) is 0 Å². The molecule has 0 saturated heterocycles. The fourth-order valence-electron chi connectivity index (χ4n) is 3.32. The average molecular weight is 353 g/mol. The van der Waals surface area contributed by atoms with Gasteiger partial charge in [0.2, 0.25) is 0 Å². The lowest BCUT2D eigenvalue weighted by Crippen LogP contribution is -2.03. The smallest absolute Gasteiger partial charge is 0.178 e. The van der Waals surface area contributed by atoms with E-state index in [9.17, 15) is 8.42 Å². The van der Waals surface area contributed by atoms with Crippen molar-refractivity contribution in [3.63, 3.8) is 0 Å². The summed E-state index contributed by atoms with van der Waals surface area (Å²) in [4.78, 5) is 9.30. The summed E-state index contributed by atoms with van der Waals surface area (Å²) in [6, 6.07) is 11.0. The molecular weight excluding hydrogens is 334 g/mol. The van der Waals surface area contributed by atoms with Crippen LogP contribution in [0, 0.1) is 0 Å². The van der Waals surface area contributed by atoms with Gasteiger partial charge in [-0.2, -0.15) is 0 Å². The van der Waals surface area contributed by atoms with Gasteiger partial charge in [-0.25, -0.2) is 13.4 Å². The standard InChI is InChI=1S/C19H19N3O2S/c1-2-25(23,24)16-7-5-14(6-8-16)18-19(15-9-11-20-12-10-15)22-13-3-4-17(22)21-18/h5-12H,2-4,13H2,1H3. The number of nitrogens with zero attached hydrogens (tertiary/aromatic N) is 3. The molecular formula is C19H19N3O2S. The first-order valence-corrected chi connectivity index (χ1v) is 10.1. The van der Waals surface area contributed by atoms with Gasteiger partial charge in [-0.05, 0) is 30.7 Å². The van der Waals surface area contributed by atoms with Crippen molar-refractivity contribution in [2.45, 2.75) is 31.2 Å². The molecule has 0 saturated carbocycles. The first kappa shape index (κ1) is 16.0. The molecule has 0 amide bonds. The predicted octanol–water partition coefficient (Wildman–Crippen LogP) is 3.35. The van der Waals surface area contributed by atoms with Crippen LogP contribution in [0.1, 0.15) is 19.2 Å². The fraction of sp³-hybridized carbons (Fsp3) is 0.263. The average Bonchev–Trinajstić information content (AvgIpc) is 3.23. The molecule has 1 aromatic carbocycles. The van der Waals surface area contributed by atoms with Gasteiger partial charge in [0.1, 0.15) is 5.82 Å². The molecule has 3 aromatic rings. The largest absolute Gasteiger partial charge is 0.327 e. The number of hydrogen-bond donors (Lipinski definition) is 0. The summed E-state index contributed by atoms with van der Waals surface area (Å²) in [5.41, 5.74) is 4.00. The minimum absolute atomic E-state index is 0.105. The number of sulfone groups is 1. The van der Waals surface area contributed by atoms with Gasteiger partial charge in [0.05, 0.1) is 22.0 Å². The van der Waals surface area contributed by atoms with E-state index in [4.69, 9.17) is 4.98 Å². The quantitative estimate of drug-likeness (QED) is 0.721. The first-order chi connectivity index (χ1) is 12.1. The molecule has 25 heavy (non-hydrogen) atoms. The summed E-state index contributed by atoms with van der Waals surface area (Å²) < 4.78 is 26.3. The van der Waals surface area contributed by atoms with Crippen LogP contribution < -0.4 is 0 Å². The summed E-state index contributed by atoms with van der Waals surface area (Å²) in [5, 5.41) is 0. The van der Waals surface area contributed by atoms with Crippen molar-refractivity contribution < 1.29 is 8.42 Å². The molecule has 0 unspecified atom stereocenters. The molecule has 3 heterocycles.